The van der Waals surface area contributed by atoms with Gasteiger partial charge in [0.05, 0.1) is 10.6 Å². The van der Waals surface area contributed by atoms with E-state index >= 15 is 0 Å². The molecule has 0 unspecified atom stereocenters. The minimum absolute atomic E-state index is 0.0429. The first kappa shape index (κ1) is 22.5. The third kappa shape index (κ3) is 4.56. The molecular weight excluding hydrogens is 449 g/mol. The first-order valence-corrected chi connectivity index (χ1v) is 11.5. The maximum atomic E-state index is 13.3. The fourth-order valence-electron chi connectivity index (χ4n) is 3.60. The second-order valence-electron chi connectivity index (χ2n) is 7.82. The van der Waals surface area contributed by atoms with Crippen molar-refractivity contribution in [3.05, 3.63) is 58.0 Å². The predicted octanol–water partition coefficient (Wildman–Crippen LogP) is 1.67. The summed E-state index contributed by atoms with van der Waals surface area (Å²) in [4.78, 5) is 26.5. The molecule has 1 aromatic carbocycles. The van der Waals surface area contributed by atoms with E-state index in [1.807, 2.05) is 0 Å². The van der Waals surface area contributed by atoms with Crippen molar-refractivity contribution in [2.45, 2.75) is 36.4 Å². The third-order valence-corrected chi connectivity index (χ3v) is 7.46. The molecule has 172 valence electrons. The van der Waals surface area contributed by atoms with Gasteiger partial charge in [-0.2, -0.15) is 22.6 Å². The van der Waals surface area contributed by atoms with Crippen LogP contribution >= 0.6 is 0 Å². The zero-order valence-electron chi connectivity index (χ0n) is 17.0. The molecule has 1 amide bonds. The van der Waals surface area contributed by atoms with Crippen LogP contribution in [0.5, 0.6) is 0 Å². The summed E-state index contributed by atoms with van der Waals surface area (Å²) in [7, 11) is -3.70. The molecule has 1 aromatic heterocycles. The van der Waals surface area contributed by atoms with E-state index in [9.17, 15) is 31.2 Å². The van der Waals surface area contributed by atoms with Gasteiger partial charge in [-0.05, 0) is 31.0 Å². The highest BCUT2D eigenvalue weighted by molar-refractivity contribution is 7.89. The van der Waals surface area contributed by atoms with Crippen LogP contribution in [-0.2, 0) is 27.5 Å². The Morgan fingerprint density at radius 1 is 1.06 bits per heavy atom. The van der Waals surface area contributed by atoms with Gasteiger partial charge in [-0.15, -0.1) is 0 Å². The third-order valence-electron chi connectivity index (χ3n) is 5.55. The summed E-state index contributed by atoms with van der Waals surface area (Å²) in [6.07, 6.45) is -3.46. The molecule has 2 aromatic rings. The number of carbonyl (C=O) groups is 1. The second-order valence-corrected chi connectivity index (χ2v) is 9.75. The van der Waals surface area contributed by atoms with E-state index in [0.717, 1.165) is 6.07 Å². The number of piperazine rings is 1. The molecule has 0 N–H and O–H groups in total. The number of sulfonamides is 1. The van der Waals surface area contributed by atoms with Gasteiger partial charge in [-0.3, -0.25) is 9.59 Å². The van der Waals surface area contributed by atoms with Crippen molar-refractivity contribution in [3.8, 4) is 0 Å². The molecule has 2 heterocycles. The van der Waals surface area contributed by atoms with Crippen LogP contribution in [0.15, 0.2) is 46.1 Å². The zero-order chi connectivity index (χ0) is 23.1. The first-order chi connectivity index (χ1) is 15.1. The Balaban J connectivity index is 1.47. The normalized spacial score (nSPS) is 18.0. The average Bonchev–Trinajstić information content (AvgIpc) is 3.60. The van der Waals surface area contributed by atoms with Crippen molar-refractivity contribution in [2.75, 3.05) is 26.2 Å². The molecule has 2 fully saturated rings. The largest absolute Gasteiger partial charge is 0.421 e. The highest BCUT2D eigenvalue weighted by Crippen LogP contribution is 2.40. The average molecular weight is 470 g/mol. The molecule has 0 radical (unpaired) electrons. The molecule has 1 saturated carbocycles. The Morgan fingerprint density at radius 2 is 1.69 bits per heavy atom. The van der Waals surface area contributed by atoms with Crippen LogP contribution in [0.2, 0.25) is 0 Å². The summed E-state index contributed by atoms with van der Waals surface area (Å²) < 4.78 is 67.1. The summed E-state index contributed by atoms with van der Waals surface area (Å²) in [5.74, 6) is -0.720. The minimum atomic E-state index is -4.84. The Hall–Kier alpha value is -2.73. The lowest BCUT2D eigenvalue weighted by molar-refractivity contribution is -0.140. The van der Waals surface area contributed by atoms with Crippen molar-refractivity contribution < 1.29 is 26.4 Å². The van der Waals surface area contributed by atoms with Gasteiger partial charge in [0.25, 0.3) is 5.56 Å². The number of halogens is 3. The van der Waals surface area contributed by atoms with Crippen LogP contribution in [0.1, 0.15) is 30.0 Å². The molecule has 12 heteroatoms. The van der Waals surface area contributed by atoms with Crippen LogP contribution in [0.3, 0.4) is 0 Å². The summed E-state index contributed by atoms with van der Waals surface area (Å²) in [6.45, 7) is -0.418. The molecule has 4 rings (SSSR count). The van der Waals surface area contributed by atoms with Crippen LogP contribution < -0.4 is 5.56 Å². The summed E-state index contributed by atoms with van der Waals surface area (Å²) in [5.41, 5.74) is -2.54. The number of nitrogens with zero attached hydrogens (tertiary/aromatic N) is 4. The molecule has 2 aliphatic rings. The number of carbonyl (C=O) groups excluding carboxylic acids is 1. The summed E-state index contributed by atoms with van der Waals surface area (Å²) in [6, 6.07) is 8.67. The Kier molecular flexibility index (Phi) is 5.84. The number of aromatic nitrogens is 2. The maximum absolute atomic E-state index is 13.3. The fraction of sp³-hybridized carbons (Fsp3) is 0.450. The van der Waals surface area contributed by atoms with E-state index in [1.165, 1.54) is 21.3 Å². The number of amides is 1. The van der Waals surface area contributed by atoms with Crippen molar-refractivity contribution in [1.29, 1.82) is 0 Å². The Morgan fingerprint density at radius 3 is 2.25 bits per heavy atom. The van der Waals surface area contributed by atoms with Gasteiger partial charge in [0.15, 0.2) is 0 Å². The van der Waals surface area contributed by atoms with Crippen LogP contribution in [0, 0.1) is 0 Å². The van der Waals surface area contributed by atoms with E-state index < -0.39 is 39.8 Å². The highest BCUT2D eigenvalue weighted by Gasteiger charge is 2.38. The molecule has 1 saturated heterocycles. The minimum Gasteiger partial charge on any atom is -0.338 e. The van der Waals surface area contributed by atoms with Gasteiger partial charge in [0.2, 0.25) is 15.9 Å². The van der Waals surface area contributed by atoms with Gasteiger partial charge < -0.3 is 4.90 Å². The molecule has 0 atom stereocenters. The lowest BCUT2D eigenvalue weighted by atomic mass is 10.2. The number of rotatable bonds is 5. The van der Waals surface area contributed by atoms with Crippen LogP contribution in [0.4, 0.5) is 13.2 Å². The van der Waals surface area contributed by atoms with E-state index in [1.54, 1.807) is 18.2 Å². The molecule has 1 aliphatic heterocycles. The van der Waals surface area contributed by atoms with Crippen molar-refractivity contribution in [2.24, 2.45) is 0 Å². The fourth-order valence-corrected chi connectivity index (χ4v) is 5.04. The Bertz CT molecular complexity index is 1170. The molecule has 1 aliphatic carbocycles. The first-order valence-electron chi connectivity index (χ1n) is 10.1. The molecule has 8 nitrogen and oxygen atoms in total. The SMILES string of the molecule is O=C(Cn1nc(C2CC2)cc(C(F)(F)F)c1=O)N1CCN(S(=O)(=O)c2ccccc2)CC1. The predicted molar refractivity (Wildman–Crippen MR) is 107 cm³/mol. The van der Waals surface area contributed by atoms with Crippen molar-refractivity contribution in [1.82, 2.24) is 19.0 Å². The highest BCUT2D eigenvalue weighted by atomic mass is 32.2. The lowest BCUT2D eigenvalue weighted by Crippen LogP contribution is -2.51. The lowest BCUT2D eigenvalue weighted by Gasteiger charge is -2.34. The molecule has 0 bridgehead atoms. The monoisotopic (exact) mass is 470 g/mol. The van der Waals surface area contributed by atoms with E-state index in [4.69, 9.17) is 0 Å². The molecule has 0 spiro atoms. The van der Waals surface area contributed by atoms with E-state index in [2.05, 4.69) is 5.10 Å². The standard InChI is InChI=1S/C20H21F3N4O4S/c21-20(22,23)16-12-17(14-6-7-14)24-27(19(16)29)13-18(28)25-8-10-26(11-9-25)32(30,31)15-4-2-1-3-5-15/h1-5,12,14H,6-11,13H2. The second kappa shape index (κ2) is 8.32. The zero-order valence-corrected chi connectivity index (χ0v) is 17.8. The quantitative estimate of drug-likeness (QED) is 0.663. The Labute approximate surface area is 182 Å². The maximum Gasteiger partial charge on any atom is 0.421 e. The molecular formula is C20H21F3N4O4S. The van der Waals surface area contributed by atoms with Gasteiger partial charge in [-0.1, -0.05) is 18.2 Å². The van der Waals surface area contributed by atoms with Gasteiger partial charge in [-0.25, -0.2) is 13.1 Å². The van der Waals surface area contributed by atoms with Crippen molar-refractivity contribution >= 4 is 15.9 Å². The number of hydrogen-bond acceptors (Lipinski definition) is 5. The van der Waals surface area contributed by atoms with Gasteiger partial charge >= 0.3 is 6.18 Å². The number of benzene rings is 1. The van der Waals surface area contributed by atoms with Crippen molar-refractivity contribution in [3.63, 3.8) is 0 Å². The van der Waals surface area contributed by atoms with Crippen LogP contribution in [0.25, 0.3) is 0 Å². The smallest absolute Gasteiger partial charge is 0.338 e. The summed E-state index contributed by atoms with van der Waals surface area (Å²) >= 11 is 0. The van der Waals surface area contributed by atoms with Crippen LogP contribution in [-0.4, -0.2) is 59.5 Å². The van der Waals surface area contributed by atoms with E-state index in [0.29, 0.717) is 17.5 Å². The topological polar surface area (TPSA) is 92.6 Å². The molecule has 32 heavy (non-hydrogen) atoms. The van der Waals surface area contributed by atoms with E-state index in [-0.39, 0.29) is 42.7 Å². The summed E-state index contributed by atoms with van der Waals surface area (Å²) in [5, 5.41) is 3.99. The number of hydrogen-bond donors (Lipinski definition) is 0. The van der Waals surface area contributed by atoms with Gasteiger partial charge in [0.1, 0.15) is 12.1 Å². The number of alkyl halides is 3. The van der Waals surface area contributed by atoms with Gasteiger partial charge in [0, 0.05) is 32.1 Å².